The summed E-state index contributed by atoms with van der Waals surface area (Å²) in [6.45, 7) is 8.84. The lowest BCUT2D eigenvalue weighted by molar-refractivity contribution is 0.0935. The minimum absolute atomic E-state index is 0.254. The number of hydrogen-bond donors (Lipinski definition) is 2. The van der Waals surface area contributed by atoms with Gasteiger partial charge < -0.3 is 15.1 Å². The van der Waals surface area contributed by atoms with Crippen molar-refractivity contribution in [2.24, 2.45) is 0 Å². The Balaban J connectivity index is 1.78. The predicted molar refractivity (Wildman–Crippen MR) is 95.2 cm³/mol. The van der Waals surface area contributed by atoms with Gasteiger partial charge in [0.2, 0.25) is 0 Å². The van der Waals surface area contributed by atoms with Gasteiger partial charge in [-0.15, -0.1) is 0 Å². The first-order valence-corrected chi connectivity index (χ1v) is 8.65. The van der Waals surface area contributed by atoms with Crippen molar-refractivity contribution in [3.63, 3.8) is 0 Å². The minimum atomic E-state index is -0.314. The summed E-state index contributed by atoms with van der Waals surface area (Å²) in [4.78, 5) is 16.9. The number of anilines is 1. The maximum Gasteiger partial charge on any atom is 0.269 e. The molecule has 0 unspecified atom stereocenters. The molecule has 2 heterocycles. The molecule has 6 nitrogen and oxygen atoms in total. The molecule has 1 aromatic carbocycles. The molecule has 2 N–H and O–H groups in total. The maximum atomic E-state index is 13.8. The van der Waals surface area contributed by atoms with E-state index in [0.29, 0.717) is 5.69 Å². The van der Waals surface area contributed by atoms with E-state index in [-0.39, 0.29) is 17.8 Å². The van der Waals surface area contributed by atoms with Gasteiger partial charge in [0, 0.05) is 43.6 Å². The Bertz CT molecular complexity index is 710. The Hall–Kier alpha value is -2.41. The van der Waals surface area contributed by atoms with Crippen LogP contribution < -0.4 is 10.2 Å². The zero-order valence-corrected chi connectivity index (χ0v) is 14.6. The number of likely N-dealkylation sites (N-methyl/N-ethyl adjacent to an activating group) is 1. The van der Waals surface area contributed by atoms with Crippen LogP contribution in [0.3, 0.4) is 0 Å². The van der Waals surface area contributed by atoms with Crippen LogP contribution in [0.1, 0.15) is 35.9 Å². The first-order chi connectivity index (χ1) is 12.1. The van der Waals surface area contributed by atoms with Crippen LogP contribution in [0.4, 0.5) is 10.1 Å². The predicted octanol–water partition coefficient (Wildman–Crippen LogP) is 2.18. The van der Waals surface area contributed by atoms with Crippen molar-refractivity contribution in [3.05, 3.63) is 47.5 Å². The van der Waals surface area contributed by atoms with E-state index >= 15 is 0 Å². The molecule has 0 radical (unpaired) electrons. The van der Waals surface area contributed by atoms with Crippen LogP contribution in [-0.2, 0) is 0 Å². The molecular formula is C18H24FN5O. The van der Waals surface area contributed by atoms with Crippen molar-refractivity contribution in [1.29, 1.82) is 0 Å². The molecule has 134 valence electrons. The number of aromatic nitrogens is 2. The molecule has 25 heavy (non-hydrogen) atoms. The van der Waals surface area contributed by atoms with Crippen molar-refractivity contribution in [3.8, 4) is 0 Å². The summed E-state index contributed by atoms with van der Waals surface area (Å²) in [6, 6.07) is 6.10. The van der Waals surface area contributed by atoms with Gasteiger partial charge in [-0.25, -0.2) is 4.39 Å². The monoisotopic (exact) mass is 345 g/mol. The van der Waals surface area contributed by atoms with Gasteiger partial charge in [0.1, 0.15) is 11.5 Å². The lowest BCUT2D eigenvalue weighted by Gasteiger charge is -2.37. The number of benzene rings is 1. The zero-order chi connectivity index (χ0) is 17.8. The average Bonchev–Trinajstić information content (AvgIpc) is 3.16. The summed E-state index contributed by atoms with van der Waals surface area (Å²) in [6.07, 6.45) is 1.53. The van der Waals surface area contributed by atoms with E-state index in [4.69, 9.17) is 0 Å². The quantitative estimate of drug-likeness (QED) is 0.872. The van der Waals surface area contributed by atoms with Gasteiger partial charge in [0.05, 0.1) is 6.04 Å². The van der Waals surface area contributed by atoms with Crippen molar-refractivity contribution in [1.82, 2.24) is 20.4 Å². The smallest absolute Gasteiger partial charge is 0.269 e. The van der Waals surface area contributed by atoms with Gasteiger partial charge in [-0.05, 0) is 37.7 Å². The Kier molecular flexibility index (Phi) is 5.33. The molecule has 1 aliphatic rings. The number of rotatable bonds is 5. The van der Waals surface area contributed by atoms with E-state index in [1.54, 1.807) is 6.07 Å². The van der Waals surface area contributed by atoms with Gasteiger partial charge >= 0.3 is 0 Å². The number of H-pyrrole nitrogens is 1. The molecular weight excluding hydrogens is 321 g/mol. The van der Waals surface area contributed by atoms with E-state index in [9.17, 15) is 9.18 Å². The number of piperazine rings is 1. The minimum Gasteiger partial charge on any atom is -0.369 e. The Morgan fingerprint density at radius 3 is 2.72 bits per heavy atom. The number of nitrogens with zero attached hydrogens (tertiary/aromatic N) is 3. The first kappa shape index (κ1) is 17.4. The normalized spacial score (nSPS) is 16.7. The highest BCUT2D eigenvalue weighted by molar-refractivity contribution is 5.92. The number of carbonyl (C=O) groups excluding carboxylic acids is 1. The summed E-state index contributed by atoms with van der Waals surface area (Å²) in [5.74, 6) is -0.551. The van der Waals surface area contributed by atoms with E-state index < -0.39 is 0 Å². The lowest BCUT2D eigenvalue weighted by atomic mass is 10.0. The maximum absolute atomic E-state index is 13.8. The zero-order valence-electron chi connectivity index (χ0n) is 14.6. The number of hydrogen-bond acceptors (Lipinski definition) is 4. The number of aromatic amines is 1. The molecule has 0 bridgehead atoms. The molecule has 1 fully saturated rings. The van der Waals surface area contributed by atoms with Crippen LogP contribution >= 0.6 is 0 Å². The number of halogens is 1. The SMILES string of the molecule is CCN1CCN(c2ccc(F)cc2[C@H](C)NC(=O)c2ccn[nH]2)CC1. The molecule has 7 heteroatoms. The van der Waals surface area contributed by atoms with E-state index in [1.165, 1.54) is 18.3 Å². The number of nitrogens with one attached hydrogen (secondary N) is 2. The van der Waals surface area contributed by atoms with Crippen LogP contribution in [0.2, 0.25) is 0 Å². The number of amides is 1. The summed E-state index contributed by atoms with van der Waals surface area (Å²) in [5.41, 5.74) is 2.16. The third-order valence-electron chi connectivity index (χ3n) is 4.71. The Labute approximate surface area is 147 Å². The molecule has 1 saturated heterocycles. The highest BCUT2D eigenvalue weighted by atomic mass is 19.1. The summed E-state index contributed by atoms with van der Waals surface area (Å²) in [7, 11) is 0. The summed E-state index contributed by atoms with van der Waals surface area (Å²) < 4.78 is 13.8. The fourth-order valence-electron chi connectivity index (χ4n) is 3.20. The lowest BCUT2D eigenvalue weighted by Crippen LogP contribution is -2.46. The van der Waals surface area contributed by atoms with Crippen molar-refractivity contribution >= 4 is 11.6 Å². The summed E-state index contributed by atoms with van der Waals surface area (Å²) in [5, 5.41) is 9.34. The third-order valence-corrected chi connectivity index (χ3v) is 4.71. The topological polar surface area (TPSA) is 64.3 Å². The molecule has 1 aromatic heterocycles. The molecule has 0 aliphatic carbocycles. The van der Waals surface area contributed by atoms with Crippen LogP contribution in [0.15, 0.2) is 30.5 Å². The largest absolute Gasteiger partial charge is 0.369 e. The molecule has 1 atom stereocenters. The number of carbonyl (C=O) groups is 1. The highest BCUT2D eigenvalue weighted by Gasteiger charge is 2.22. The van der Waals surface area contributed by atoms with E-state index in [0.717, 1.165) is 44.0 Å². The van der Waals surface area contributed by atoms with Gasteiger partial charge in [0.25, 0.3) is 5.91 Å². The van der Waals surface area contributed by atoms with Crippen LogP contribution in [0, 0.1) is 5.82 Å². The molecule has 2 aromatic rings. The van der Waals surface area contributed by atoms with Crippen molar-refractivity contribution in [2.75, 3.05) is 37.6 Å². The second-order valence-corrected chi connectivity index (χ2v) is 6.29. The standard InChI is InChI=1S/C18H24FN5O/c1-3-23-8-10-24(11-9-23)17-5-4-14(19)12-15(17)13(2)21-18(25)16-6-7-20-22-16/h4-7,12-13H,3,8-11H2,1-2H3,(H,20,22)(H,21,25)/t13-/m0/s1. The van der Waals surface area contributed by atoms with Crippen LogP contribution in [-0.4, -0.2) is 53.7 Å². The van der Waals surface area contributed by atoms with Gasteiger partial charge in [-0.3, -0.25) is 9.89 Å². The van der Waals surface area contributed by atoms with Crippen LogP contribution in [0.25, 0.3) is 0 Å². The fourth-order valence-corrected chi connectivity index (χ4v) is 3.20. The molecule has 1 amide bonds. The molecule has 0 saturated carbocycles. The van der Waals surface area contributed by atoms with Crippen molar-refractivity contribution in [2.45, 2.75) is 19.9 Å². The van der Waals surface area contributed by atoms with Gasteiger partial charge in [0.15, 0.2) is 0 Å². The highest BCUT2D eigenvalue weighted by Crippen LogP contribution is 2.28. The van der Waals surface area contributed by atoms with E-state index in [2.05, 4.69) is 32.2 Å². The first-order valence-electron chi connectivity index (χ1n) is 8.65. The summed E-state index contributed by atoms with van der Waals surface area (Å²) >= 11 is 0. The molecule has 0 spiro atoms. The second kappa shape index (κ2) is 7.65. The average molecular weight is 345 g/mol. The third kappa shape index (κ3) is 3.99. The van der Waals surface area contributed by atoms with Crippen molar-refractivity contribution < 1.29 is 9.18 Å². The fraction of sp³-hybridized carbons (Fsp3) is 0.444. The Morgan fingerprint density at radius 1 is 1.32 bits per heavy atom. The van der Waals surface area contributed by atoms with E-state index in [1.807, 2.05) is 13.0 Å². The van der Waals surface area contributed by atoms with Crippen LogP contribution in [0.5, 0.6) is 0 Å². The molecule has 1 aliphatic heterocycles. The second-order valence-electron chi connectivity index (χ2n) is 6.29. The van der Waals surface area contributed by atoms with Gasteiger partial charge in [-0.2, -0.15) is 5.10 Å². The van der Waals surface area contributed by atoms with Gasteiger partial charge in [-0.1, -0.05) is 6.92 Å². The molecule has 3 rings (SSSR count). The Morgan fingerprint density at radius 2 is 2.08 bits per heavy atom.